The number of nitrogens with one attached hydrogen (secondary N) is 1. The number of esters is 1. The number of H-pyrrole nitrogens is 1. The largest absolute Gasteiger partial charge is 0.484 e. The van der Waals surface area contributed by atoms with E-state index in [1.807, 2.05) is 6.07 Å². The summed E-state index contributed by atoms with van der Waals surface area (Å²) in [6, 6.07) is 6.77. The molecule has 1 aromatic carbocycles. The van der Waals surface area contributed by atoms with Gasteiger partial charge in [0.15, 0.2) is 0 Å². The lowest BCUT2D eigenvalue weighted by Gasteiger charge is -2.23. The molecule has 0 spiro atoms. The van der Waals surface area contributed by atoms with Gasteiger partial charge in [-0.15, -0.1) is 11.3 Å². The van der Waals surface area contributed by atoms with E-state index in [1.165, 1.54) is 30.9 Å². The topological polar surface area (TPSA) is 104 Å². The van der Waals surface area contributed by atoms with Crippen molar-refractivity contribution in [3.8, 4) is 17.0 Å². The summed E-state index contributed by atoms with van der Waals surface area (Å²) in [6.45, 7) is 0.526. The Balaban J connectivity index is 1.90. The van der Waals surface area contributed by atoms with Gasteiger partial charge in [-0.3, -0.25) is 10.1 Å². The molecule has 0 bridgehead atoms. The van der Waals surface area contributed by atoms with Crippen LogP contribution in [0.5, 0.6) is 5.75 Å². The minimum absolute atomic E-state index is 0.0820. The van der Waals surface area contributed by atoms with Gasteiger partial charge in [0.25, 0.3) is 0 Å². The highest BCUT2D eigenvalue weighted by Crippen LogP contribution is 2.48. The molecule has 0 atom stereocenters. The maximum absolute atomic E-state index is 12.1. The number of carbonyl (C=O) groups is 1. The van der Waals surface area contributed by atoms with Crippen LogP contribution < -0.4 is 4.74 Å². The van der Waals surface area contributed by atoms with Crippen LogP contribution in [0.15, 0.2) is 24.3 Å². The second kappa shape index (κ2) is 9.70. The predicted molar refractivity (Wildman–Crippen MR) is 123 cm³/mol. The lowest BCUT2D eigenvalue weighted by atomic mass is 9.83. The number of hydrogen-bond acceptors (Lipinski definition) is 7. The SMILES string of the molecule is COCCOc1c(-c2[nH]c3cc(C(=O)OC)sc3c2C2CCCCC2)cccc1[N+](=O)[O-]. The van der Waals surface area contributed by atoms with Gasteiger partial charge in [-0.25, -0.2) is 4.79 Å². The molecular formula is C23H26N2O6S. The van der Waals surface area contributed by atoms with Crippen molar-refractivity contribution in [1.82, 2.24) is 4.98 Å². The first-order valence-corrected chi connectivity index (χ1v) is 11.5. The zero-order chi connectivity index (χ0) is 22.7. The molecule has 0 aliphatic heterocycles. The van der Waals surface area contributed by atoms with Crippen LogP contribution in [0.3, 0.4) is 0 Å². The van der Waals surface area contributed by atoms with Crippen LogP contribution in [0.2, 0.25) is 0 Å². The number of ether oxygens (including phenoxy) is 3. The van der Waals surface area contributed by atoms with Crippen LogP contribution in [-0.4, -0.2) is 43.3 Å². The molecule has 0 saturated heterocycles. The Hall–Kier alpha value is -2.91. The van der Waals surface area contributed by atoms with Crippen molar-refractivity contribution in [2.75, 3.05) is 27.4 Å². The molecule has 1 N–H and O–H groups in total. The van der Waals surface area contributed by atoms with Crippen molar-refractivity contribution < 1.29 is 23.9 Å². The Morgan fingerprint density at radius 1 is 1.22 bits per heavy atom. The average molecular weight is 459 g/mol. The molecule has 9 heteroatoms. The zero-order valence-electron chi connectivity index (χ0n) is 18.1. The smallest absolute Gasteiger partial charge is 0.348 e. The molecule has 1 aliphatic rings. The lowest BCUT2D eigenvalue weighted by Crippen LogP contribution is -2.08. The van der Waals surface area contributed by atoms with Crippen molar-refractivity contribution in [3.63, 3.8) is 0 Å². The van der Waals surface area contributed by atoms with Gasteiger partial charge >= 0.3 is 11.7 Å². The fourth-order valence-corrected chi connectivity index (χ4v) is 5.60. The molecule has 3 aromatic rings. The number of nitrogens with zero attached hydrogens (tertiary/aromatic N) is 1. The van der Waals surface area contributed by atoms with Crippen LogP contribution in [0.1, 0.15) is 53.3 Å². The second-order valence-electron chi connectivity index (χ2n) is 7.85. The summed E-state index contributed by atoms with van der Waals surface area (Å²) in [7, 11) is 2.93. The number of rotatable bonds is 8. The number of hydrogen-bond donors (Lipinski definition) is 1. The Morgan fingerprint density at radius 2 is 2.00 bits per heavy atom. The average Bonchev–Trinajstić information content (AvgIpc) is 3.37. The van der Waals surface area contributed by atoms with Gasteiger partial charge in [0, 0.05) is 18.7 Å². The number of carbonyl (C=O) groups excluding carboxylic acids is 1. The molecule has 170 valence electrons. The third-order valence-electron chi connectivity index (χ3n) is 5.90. The third kappa shape index (κ3) is 4.22. The Morgan fingerprint density at radius 3 is 2.69 bits per heavy atom. The summed E-state index contributed by atoms with van der Waals surface area (Å²) in [4.78, 5) is 27.4. The molecule has 2 heterocycles. The lowest BCUT2D eigenvalue weighted by molar-refractivity contribution is -0.385. The predicted octanol–water partition coefficient (Wildman–Crippen LogP) is 5.66. The molecule has 2 aromatic heterocycles. The van der Waals surface area contributed by atoms with Crippen molar-refractivity contribution in [1.29, 1.82) is 0 Å². The second-order valence-corrected chi connectivity index (χ2v) is 8.90. The third-order valence-corrected chi connectivity index (χ3v) is 7.05. The molecule has 1 aliphatic carbocycles. The van der Waals surface area contributed by atoms with Gasteiger partial charge in [-0.05, 0) is 36.5 Å². The van der Waals surface area contributed by atoms with Crippen LogP contribution >= 0.6 is 11.3 Å². The number of aromatic nitrogens is 1. The van der Waals surface area contributed by atoms with E-state index < -0.39 is 4.92 Å². The van der Waals surface area contributed by atoms with E-state index >= 15 is 0 Å². The molecule has 0 unspecified atom stereocenters. The van der Waals surface area contributed by atoms with Crippen molar-refractivity contribution >= 4 is 33.2 Å². The van der Waals surface area contributed by atoms with Crippen molar-refractivity contribution in [3.05, 3.63) is 44.8 Å². The molecular weight excluding hydrogens is 432 g/mol. The quantitative estimate of drug-likeness (QED) is 0.202. The van der Waals surface area contributed by atoms with Gasteiger partial charge in [-0.1, -0.05) is 25.3 Å². The highest BCUT2D eigenvalue weighted by molar-refractivity contribution is 7.21. The fourth-order valence-electron chi connectivity index (χ4n) is 4.44. The zero-order valence-corrected chi connectivity index (χ0v) is 19.0. The fraction of sp³-hybridized carbons (Fsp3) is 0.435. The molecule has 0 amide bonds. The number of para-hydroxylation sites is 1. The number of nitro groups is 1. The summed E-state index contributed by atoms with van der Waals surface area (Å²) in [5, 5.41) is 11.7. The first kappa shape index (κ1) is 22.3. The summed E-state index contributed by atoms with van der Waals surface area (Å²) in [5.74, 6) is 0.172. The van der Waals surface area contributed by atoms with Crippen molar-refractivity contribution in [2.45, 2.75) is 38.0 Å². The maximum atomic E-state index is 12.1. The van der Waals surface area contributed by atoms with E-state index in [2.05, 4.69) is 4.98 Å². The molecule has 8 nitrogen and oxygen atoms in total. The van der Waals surface area contributed by atoms with Crippen LogP contribution in [-0.2, 0) is 9.47 Å². The van der Waals surface area contributed by atoms with E-state index in [1.54, 1.807) is 19.2 Å². The van der Waals surface area contributed by atoms with Gasteiger partial charge < -0.3 is 19.2 Å². The van der Waals surface area contributed by atoms with Crippen LogP contribution in [0, 0.1) is 10.1 Å². The molecule has 32 heavy (non-hydrogen) atoms. The van der Waals surface area contributed by atoms with E-state index in [0.717, 1.165) is 47.2 Å². The first-order chi connectivity index (χ1) is 15.5. The highest BCUT2D eigenvalue weighted by Gasteiger charge is 2.29. The first-order valence-electron chi connectivity index (χ1n) is 10.7. The Kier molecular flexibility index (Phi) is 6.76. The number of thiophene rings is 1. The number of benzene rings is 1. The van der Waals surface area contributed by atoms with Gasteiger partial charge in [0.05, 0.1) is 34.6 Å². The van der Waals surface area contributed by atoms with Gasteiger partial charge in [-0.2, -0.15) is 0 Å². The number of fused-ring (bicyclic) bond motifs is 1. The molecule has 1 fully saturated rings. The monoisotopic (exact) mass is 458 g/mol. The van der Waals surface area contributed by atoms with E-state index in [4.69, 9.17) is 14.2 Å². The minimum atomic E-state index is -0.424. The number of nitro benzene ring substituents is 1. The Bertz CT molecular complexity index is 1130. The normalized spacial score (nSPS) is 14.6. The Labute approximate surface area is 189 Å². The minimum Gasteiger partial charge on any atom is -0.484 e. The molecule has 4 rings (SSSR count). The summed E-state index contributed by atoms with van der Waals surface area (Å²) in [6.07, 6.45) is 5.57. The summed E-state index contributed by atoms with van der Waals surface area (Å²) >= 11 is 1.40. The van der Waals surface area contributed by atoms with E-state index in [9.17, 15) is 14.9 Å². The van der Waals surface area contributed by atoms with Crippen LogP contribution in [0.25, 0.3) is 21.5 Å². The standard InChI is InChI=1S/C23H26N2O6S/c1-29-11-12-31-21-15(9-6-10-17(21)25(27)28)20-19(14-7-4-3-5-8-14)22-16(24-20)13-18(32-22)23(26)30-2/h6,9-10,13-14,24H,3-5,7-8,11-12H2,1-2H3. The van der Waals surface area contributed by atoms with E-state index in [0.29, 0.717) is 23.0 Å². The van der Waals surface area contributed by atoms with Crippen molar-refractivity contribution in [2.24, 2.45) is 0 Å². The highest BCUT2D eigenvalue weighted by atomic mass is 32.1. The van der Waals surface area contributed by atoms with Crippen LogP contribution in [0.4, 0.5) is 5.69 Å². The number of aromatic amines is 1. The molecule has 0 radical (unpaired) electrons. The summed E-state index contributed by atoms with van der Waals surface area (Å²) in [5.41, 5.74) is 3.34. The van der Waals surface area contributed by atoms with Gasteiger partial charge in [0.2, 0.25) is 5.75 Å². The maximum Gasteiger partial charge on any atom is 0.348 e. The van der Waals surface area contributed by atoms with Gasteiger partial charge in [0.1, 0.15) is 11.5 Å². The summed E-state index contributed by atoms with van der Waals surface area (Å²) < 4.78 is 16.8. The molecule has 1 saturated carbocycles. The number of methoxy groups -OCH3 is 2. The van der Waals surface area contributed by atoms with E-state index in [-0.39, 0.29) is 24.0 Å².